The Balaban J connectivity index is 5.38. The van der Waals surface area contributed by atoms with Gasteiger partial charge in [0, 0.05) is 91.1 Å². The van der Waals surface area contributed by atoms with Gasteiger partial charge in [0.15, 0.2) is 0 Å². The molecule has 2 amide bonds. The third-order valence-corrected chi connectivity index (χ3v) is 6.53. The van der Waals surface area contributed by atoms with Crippen LogP contribution in [0.1, 0.15) is 70.6 Å². The summed E-state index contributed by atoms with van der Waals surface area (Å²) < 4.78 is 32.6. The Morgan fingerprint density at radius 3 is 1.67 bits per heavy atom. The summed E-state index contributed by atoms with van der Waals surface area (Å²) in [5.74, 6) is -0.366. The highest BCUT2D eigenvalue weighted by atomic mass is 16.5. The lowest BCUT2D eigenvalue weighted by Crippen LogP contribution is -2.58. The summed E-state index contributed by atoms with van der Waals surface area (Å²) in [6.07, 6.45) is 4.72. The van der Waals surface area contributed by atoms with Crippen LogP contribution in [0.4, 0.5) is 0 Å². The average molecular weight is 646 g/mol. The van der Waals surface area contributed by atoms with Crippen LogP contribution in [-0.2, 0) is 47.6 Å². The summed E-state index contributed by atoms with van der Waals surface area (Å²) in [7, 11) is 4.71. The van der Waals surface area contributed by atoms with Crippen molar-refractivity contribution in [3.63, 3.8) is 0 Å². The molecular weight excluding hydrogens is 590 g/mol. The normalized spacial score (nSPS) is 11.2. The molecule has 0 aromatic heterocycles. The van der Waals surface area contributed by atoms with E-state index in [4.69, 9.17) is 34.0 Å². The van der Waals surface area contributed by atoms with Crippen molar-refractivity contribution >= 4 is 23.4 Å². The number of carbonyl (C=O) groups is 4. The van der Waals surface area contributed by atoms with Crippen LogP contribution >= 0.6 is 0 Å². The largest absolute Gasteiger partial charge is 0.385 e. The van der Waals surface area contributed by atoms with Crippen molar-refractivity contribution in [2.24, 2.45) is 5.11 Å². The first-order chi connectivity index (χ1) is 21.8. The summed E-state index contributed by atoms with van der Waals surface area (Å²) in [5.41, 5.74) is 7.29. The predicted octanol–water partition coefficient (Wildman–Crippen LogP) is 2.69. The van der Waals surface area contributed by atoms with Crippen molar-refractivity contribution in [2.45, 2.75) is 76.2 Å². The Morgan fingerprint density at radius 1 is 0.622 bits per heavy atom. The van der Waals surface area contributed by atoms with E-state index in [2.05, 4.69) is 20.7 Å². The Kier molecular flexibility index (Phi) is 28.3. The molecule has 0 aliphatic rings. The highest BCUT2D eigenvalue weighted by Gasteiger charge is 2.34. The molecule has 2 N–H and O–H groups in total. The number of unbranched alkanes of at least 4 members (excludes halogenated alkanes) is 2. The SMILES string of the molecule is COCCCC(=O)CCOCC(COCCC(=O)CCCOC)(COCCC(=O)NCCOC)NC(=O)CCCCCN=[N+]=[N-]. The van der Waals surface area contributed by atoms with E-state index in [9.17, 15) is 19.2 Å². The second kappa shape index (κ2) is 30.0. The fraction of sp³-hybridized carbons (Fsp3) is 0.867. The third kappa shape index (κ3) is 26.3. The Bertz CT molecular complexity index is 781. The molecule has 0 saturated heterocycles. The number of hydrogen-bond donors (Lipinski definition) is 2. The number of azide groups is 1. The van der Waals surface area contributed by atoms with Gasteiger partial charge in [0.2, 0.25) is 11.8 Å². The highest BCUT2D eigenvalue weighted by Crippen LogP contribution is 2.13. The number of rotatable bonds is 33. The molecule has 0 bridgehead atoms. The number of nitrogens with one attached hydrogen (secondary N) is 2. The van der Waals surface area contributed by atoms with E-state index in [1.165, 1.54) is 0 Å². The Hall–Kier alpha value is -2.65. The first-order valence-electron chi connectivity index (χ1n) is 15.6. The monoisotopic (exact) mass is 645 g/mol. The number of ketones is 2. The molecule has 260 valence electrons. The van der Waals surface area contributed by atoms with Crippen LogP contribution in [0.2, 0.25) is 0 Å². The second-order valence-electron chi connectivity index (χ2n) is 10.6. The van der Waals surface area contributed by atoms with Gasteiger partial charge in [0.1, 0.15) is 17.1 Å². The van der Waals surface area contributed by atoms with Crippen molar-refractivity contribution < 1.29 is 47.6 Å². The van der Waals surface area contributed by atoms with Crippen LogP contribution in [0.3, 0.4) is 0 Å². The Morgan fingerprint density at radius 2 is 1.16 bits per heavy atom. The quantitative estimate of drug-likeness (QED) is 0.0463. The van der Waals surface area contributed by atoms with Gasteiger partial charge in [-0.25, -0.2) is 0 Å². The van der Waals surface area contributed by atoms with Gasteiger partial charge in [0.25, 0.3) is 0 Å². The fourth-order valence-electron chi connectivity index (χ4n) is 4.08. The Labute approximate surface area is 267 Å². The van der Waals surface area contributed by atoms with Gasteiger partial charge >= 0.3 is 0 Å². The molecule has 0 saturated carbocycles. The maximum atomic E-state index is 13.0. The molecule has 0 aliphatic heterocycles. The minimum Gasteiger partial charge on any atom is -0.385 e. The molecule has 0 aliphatic carbocycles. The topological polar surface area (TPSA) is 196 Å². The van der Waals surface area contributed by atoms with E-state index in [1.807, 2.05) is 0 Å². The number of carbonyl (C=O) groups excluding carboxylic acids is 4. The summed E-state index contributed by atoms with van der Waals surface area (Å²) in [4.78, 5) is 52.3. The fourth-order valence-corrected chi connectivity index (χ4v) is 4.08. The molecule has 0 spiro atoms. The highest BCUT2D eigenvalue weighted by molar-refractivity contribution is 5.79. The van der Waals surface area contributed by atoms with Gasteiger partial charge in [-0.2, -0.15) is 0 Å². The number of ether oxygens (including phenoxy) is 6. The minimum atomic E-state index is -1.13. The zero-order chi connectivity index (χ0) is 33.4. The molecule has 0 aromatic carbocycles. The van der Waals surface area contributed by atoms with E-state index in [1.54, 1.807) is 21.3 Å². The minimum absolute atomic E-state index is 0.0111. The number of amides is 2. The van der Waals surface area contributed by atoms with E-state index in [0.717, 1.165) is 0 Å². The van der Waals surface area contributed by atoms with Crippen LogP contribution in [0.25, 0.3) is 10.4 Å². The molecule has 0 radical (unpaired) electrons. The maximum Gasteiger partial charge on any atom is 0.222 e. The number of hydrogen-bond acceptors (Lipinski definition) is 11. The average Bonchev–Trinajstić information content (AvgIpc) is 3.02. The van der Waals surface area contributed by atoms with E-state index < -0.39 is 5.54 Å². The van der Waals surface area contributed by atoms with Crippen LogP contribution in [0.15, 0.2) is 5.11 Å². The number of nitrogens with zero attached hydrogens (tertiary/aromatic N) is 3. The summed E-state index contributed by atoms with van der Waals surface area (Å²) in [6.45, 7) is 2.47. The lowest BCUT2D eigenvalue weighted by molar-refractivity contribution is -0.130. The first kappa shape index (κ1) is 42.3. The predicted molar refractivity (Wildman–Crippen MR) is 167 cm³/mol. The molecule has 0 unspecified atom stereocenters. The lowest BCUT2D eigenvalue weighted by Gasteiger charge is -2.34. The molecule has 15 nitrogen and oxygen atoms in total. The molecular formula is C30H55N5O10. The maximum absolute atomic E-state index is 13.0. The van der Waals surface area contributed by atoms with Crippen LogP contribution in [0, 0.1) is 0 Å². The van der Waals surface area contributed by atoms with Crippen LogP contribution in [0.5, 0.6) is 0 Å². The van der Waals surface area contributed by atoms with Gasteiger partial charge in [-0.05, 0) is 31.2 Å². The van der Waals surface area contributed by atoms with Gasteiger partial charge < -0.3 is 39.1 Å². The van der Waals surface area contributed by atoms with E-state index in [-0.39, 0.29) is 88.7 Å². The number of Topliss-reactive ketones (excluding diaryl/α,β-unsaturated/α-hetero) is 2. The molecule has 0 heterocycles. The second-order valence-corrected chi connectivity index (χ2v) is 10.6. The van der Waals surface area contributed by atoms with E-state index >= 15 is 0 Å². The van der Waals surface area contributed by atoms with Gasteiger partial charge in [-0.1, -0.05) is 11.5 Å². The van der Waals surface area contributed by atoms with E-state index in [0.29, 0.717) is 77.9 Å². The molecule has 0 aromatic rings. The standard InChI is InChI=1S/C30H55N5O10/c1-40-17-7-9-26(36)12-19-43-23-30(24-44-20-13-27(37)10-8-18-41-2,25-45-21-14-28(38)32-16-22-42-3)34-29(39)11-5-4-6-15-33-35-31/h4-25H2,1-3H3,(H,32,38)(H,34,39). The van der Waals surface area contributed by atoms with Crippen LogP contribution < -0.4 is 10.6 Å². The first-order valence-corrected chi connectivity index (χ1v) is 15.6. The summed E-state index contributed by atoms with van der Waals surface area (Å²) in [5, 5.41) is 9.24. The van der Waals surface area contributed by atoms with Crippen molar-refractivity contribution in [3.8, 4) is 0 Å². The smallest absolute Gasteiger partial charge is 0.222 e. The zero-order valence-corrected chi connectivity index (χ0v) is 27.5. The molecule has 0 rings (SSSR count). The van der Waals surface area contributed by atoms with Crippen molar-refractivity contribution in [1.29, 1.82) is 0 Å². The summed E-state index contributed by atoms with van der Waals surface area (Å²) in [6, 6.07) is 0. The van der Waals surface area contributed by atoms with Crippen molar-refractivity contribution in [3.05, 3.63) is 10.4 Å². The van der Waals surface area contributed by atoms with Crippen molar-refractivity contribution in [2.75, 3.05) is 93.9 Å². The van der Waals surface area contributed by atoms with Gasteiger partial charge in [-0.3, -0.25) is 19.2 Å². The van der Waals surface area contributed by atoms with Gasteiger partial charge in [0.05, 0.1) is 46.2 Å². The molecule has 45 heavy (non-hydrogen) atoms. The third-order valence-electron chi connectivity index (χ3n) is 6.53. The zero-order valence-electron chi connectivity index (χ0n) is 27.5. The van der Waals surface area contributed by atoms with Crippen LogP contribution in [-0.4, -0.2) is 123 Å². The molecule has 0 fully saturated rings. The molecule has 0 atom stereocenters. The lowest BCUT2D eigenvalue weighted by atomic mass is 10.0. The number of methoxy groups -OCH3 is 3. The van der Waals surface area contributed by atoms with Crippen molar-refractivity contribution in [1.82, 2.24) is 10.6 Å². The van der Waals surface area contributed by atoms with Gasteiger partial charge in [-0.15, -0.1) is 0 Å². The molecule has 15 heteroatoms. The summed E-state index contributed by atoms with van der Waals surface area (Å²) >= 11 is 0.